The second kappa shape index (κ2) is 3.50. The van der Waals surface area contributed by atoms with Gasteiger partial charge in [0.25, 0.3) is 0 Å². The molecule has 1 aromatic rings. The molecule has 3 nitrogen and oxygen atoms in total. The van der Waals surface area contributed by atoms with E-state index in [0.717, 1.165) is 5.69 Å². The topological polar surface area (TPSA) is 39.2 Å². The summed E-state index contributed by atoms with van der Waals surface area (Å²) in [5, 5.41) is 0. The highest BCUT2D eigenvalue weighted by molar-refractivity contribution is 5.80. The third-order valence-corrected chi connectivity index (χ3v) is 2.54. The molecule has 0 aliphatic carbocycles. The summed E-state index contributed by atoms with van der Waals surface area (Å²) >= 11 is 0. The molecule has 1 fully saturated rings. The molecule has 74 valence electrons. The van der Waals surface area contributed by atoms with Gasteiger partial charge in [-0.2, -0.15) is 0 Å². The van der Waals surface area contributed by atoms with E-state index in [1.807, 2.05) is 25.1 Å². The van der Waals surface area contributed by atoms with Crippen molar-refractivity contribution in [1.29, 1.82) is 0 Å². The fourth-order valence-corrected chi connectivity index (χ4v) is 1.75. The third kappa shape index (κ3) is 1.68. The van der Waals surface area contributed by atoms with E-state index in [9.17, 15) is 4.79 Å². The van der Waals surface area contributed by atoms with E-state index in [1.54, 1.807) is 6.20 Å². The van der Waals surface area contributed by atoms with Crippen molar-refractivity contribution in [2.75, 3.05) is 6.61 Å². The van der Waals surface area contributed by atoms with Gasteiger partial charge in [0.2, 0.25) is 0 Å². The van der Waals surface area contributed by atoms with Crippen LogP contribution < -0.4 is 0 Å². The highest BCUT2D eigenvalue weighted by atomic mass is 16.5. The second-order valence-electron chi connectivity index (χ2n) is 3.76. The Hall–Kier alpha value is -1.22. The molecule has 2 rings (SSSR count). The minimum Gasteiger partial charge on any atom is -0.368 e. The lowest BCUT2D eigenvalue weighted by molar-refractivity contribution is -0.139. The van der Waals surface area contributed by atoms with Gasteiger partial charge in [-0.25, -0.2) is 0 Å². The Kier molecular flexibility index (Phi) is 2.33. The van der Waals surface area contributed by atoms with Crippen molar-refractivity contribution in [2.24, 2.45) is 0 Å². The predicted molar refractivity (Wildman–Crippen MR) is 51.8 cm³/mol. The average Bonchev–Trinajstić information content (AvgIpc) is 2.19. The summed E-state index contributed by atoms with van der Waals surface area (Å²) in [5.41, 5.74) is 0.324. The zero-order chi connectivity index (χ0) is 10.0. The smallest absolute Gasteiger partial charge is 0.138 e. The Morgan fingerprint density at radius 1 is 1.50 bits per heavy atom. The molecule has 1 unspecified atom stereocenters. The highest BCUT2D eigenvalue weighted by Gasteiger charge is 2.34. The number of nitrogens with zero attached hydrogens (tertiary/aromatic N) is 1. The van der Waals surface area contributed by atoms with E-state index in [0.29, 0.717) is 19.4 Å². The van der Waals surface area contributed by atoms with Crippen molar-refractivity contribution in [1.82, 2.24) is 4.98 Å². The van der Waals surface area contributed by atoms with Crippen LogP contribution in [0.4, 0.5) is 0 Å². The maximum absolute atomic E-state index is 11.3. The van der Waals surface area contributed by atoms with Gasteiger partial charge in [0.15, 0.2) is 0 Å². The molecule has 1 saturated heterocycles. The first-order valence-corrected chi connectivity index (χ1v) is 4.78. The number of hydrogen-bond acceptors (Lipinski definition) is 3. The van der Waals surface area contributed by atoms with Crippen LogP contribution in [0.3, 0.4) is 0 Å². The van der Waals surface area contributed by atoms with E-state index in [4.69, 9.17) is 4.74 Å². The summed E-state index contributed by atoms with van der Waals surface area (Å²) in [5.74, 6) is 0.254. The highest BCUT2D eigenvalue weighted by Crippen LogP contribution is 2.31. The quantitative estimate of drug-likeness (QED) is 0.678. The minimum absolute atomic E-state index is 0.254. The molecule has 0 radical (unpaired) electrons. The average molecular weight is 191 g/mol. The second-order valence-corrected chi connectivity index (χ2v) is 3.76. The molecular formula is C11H13NO2. The summed E-state index contributed by atoms with van der Waals surface area (Å²) in [7, 11) is 0. The molecule has 0 aromatic carbocycles. The number of carbonyl (C=O) groups excluding carboxylic acids is 1. The van der Waals surface area contributed by atoms with Gasteiger partial charge in [0.05, 0.1) is 12.3 Å². The normalized spacial score (nSPS) is 27.6. The molecule has 1 aliphatic rings. The van der Waals surface area contributed by atoms with Crippen molar-refractivity contribution < 1.29 is 9.53 Å². The van der Waals surface area contributed by atoms with E-state index in [1.165, 1.54) is 0 Å². The SMILES string of the molecule is CC1(c2ccccn2)CC(=O)CCO1. The van der Waals surface area contributed by atoms with Crippen LogP contribution in [-0.4, -0.2) is 17.4 Å². The van der Waals surface area contributed by atoms with E-state index in [2.05, 4.69) is 4.98 Å². The van der Waals surface area contributed by atoms with Gasteiger partial charge in [0.1, 0.15) is 11.4 Å². The van der Waals surface area contributed by atoms with Crippen molar-refractivity contribution in [3.8, 4) is 0 Å². The molecule has 14 heavy (non-hydrogen) atoms. The van der Waals surface area contributed by atoms with Crippen LogP contribution in [0.2, 0.25) is 0 Å². The first-order valence-electron chi connectivity index (χ1n) is 4.78. The number of carbonyl (C=O) groups is 1. The first-order chi connectivity index (χ1) is 6.71. The molecule has 0 bridgehead atoms. The Morgan fingerprint density at radius 2 is 2.36 bits per heavy atom. The van der Waals surface area contributed by atoms with Gasteiger partial charge >= 0.3 is 0 Å². The zero-order valence-corrected chi connectivity index (χ0v) is 8.19. The summed E-state index contributed by atoms with van der Waals surface area (Å²) in [6.07, 6.45) is 2.69. The van der Waals surface area contributed by atoms with Crippen molar-refractivity contribution in [3.63, 3.8) is 0 Å². The van der Waals surface area contributed by atoms with Crippen LogP contribution in [0.25, 0.3) is 0 Å². The number of ether oxygens (including phenoxy) is 1. The molecule has 1 aromatic heterocycles. The van der Waals surface area contributed by atoms with E-state index < -0.39 is 5.60 Å². The zero-order valence-electron chi connectivity index (χ0n) is 8.19. The number of rotatable bonds is 1. The third-order valence-electron chi connectivity index (χ3n) is 2.54. The minimum atomic E-state index is -0.517. The van der Waals surface area contributed by atoms with Gasteiger partial charge in [-0.15, -0.1) is 0 Å². The molecular weight excluding hydrogens is 178 g/mol. The van der Waals surface area contributed by atoms with Gasteiger partial charge in [-0.05, 0) is 19.1 Å². The monoisotopic (exact) mass is 191 g/mol. The number of pyridine rings is 1. The maximum Gasteiger partial charge on any atom is 0.138 e. The summed E-state index contributed by atoms with van der Waals surface area (Å²) in [4.78, 5) is 15.6. The van der Waals surface area contributed by atoms with Crippen molar-refractivity contribution in [3.05, 3.63) is 30.1 Å². The largest absolute Gasteiger partial charge is 0.368 e. The molecule has 0 N–H and O–H groups in total. The summed E-state index contributed by atoms with van der Waals surface area (Å²) in [6.45, 7) is 2.43. The molecule has 1 aliphatic heterocycles. The fourth-order valence-electron chi connectivity index (χ4n) is 1.75. The number of aromatic nitrogens is 1. The summed E-state index contributed by atoms with van der Waals surface area (Å²) in [6, 6.07) is 5.67. The standard InChI is InChI=1S/C11H13NO2/c1-11(8-9(13)5-7-14-11)10-4-2-3-6-12-10/h2-4,6H,5,7-8H2,1H3. The number of hydrogen-bond donors (Lipinski definition) is 0. The Morgan fingerprint density at radius 3 is 3.00 bits per heavy atom. The van der Waals surface area contributed by atoms with E-state index in [-0.39, 0.29) is 5.78 Å². The lowest BCUT2D eigenvalue weighted by Crippen LogP contribution is -2.35. The maximum atomic E-state index is 11.3. The number of Topliss-reactive ketones (excluding diaryl/α,β-unsaturated/α-hetero) is 1. The van der Waals surface area contributed by atoms with Gasteiger partial charge in [-0.1, -0.05) is 6.07 Å². The molecule has 3 heteroatoms. The first kappa shape index (κ1) is 9.34. The lowest BCUT2D eigenvalue weighted by atomic mass is 9.91. The predicted octanol–water partition coefficient (Wildman–Crippen LogP) is 1.68. The molecule has 2 heterocycles. The van der Waals surface area contributed by atoms with Crippen LogP contribution in [-0.2, 0) is 15.1 Å². The van der Waals surface area contributed by atoms with Crippen molar-refractivity contribution in [2.45, 2.75) is 25.4 Å². The van der Waals surface area contributed by atoms with Crippen LogP contribution in [0.1, 0.15) is 25.5 Å². The molecule has 0 amide bonds. The Labute approximate surface area is 83.1 Å². The molecule has 1 atom stereocenters. The van der Waals surface area contributed by atoms with Crippen LogP contribution in [0.5, 0.6) is 0 Å². The molecule has 0 saturated carbocycles. The lowest BCUT2D eigenvalue weighted by Gasteiger charge is -2.32. The van der Waals surface area contributed by atoms with Crippen LogP contribution >= 0.6 is 0 Å². The van der Waals surface area contributed by atoms with Gasteiger partial charge in [-0.3, -0.25) is 9.78 Å². The Balaban J connectivity index is 2.27. The fraction of sp³-hybridized carbons (Fsp3) is 0.455. The van der Waals surface area contributed by atoms with Crippen molar-refractivity contribution >= 4 is 5.78 Å². The van der Waals surface area contributed by atoms with Crippen LogP contribution in [0, 0.1) is 0 Å². The van der Waals surface area contributed by atoms with Gasteiger partial charge < -0.3 is 4.74 Å². The molecule has 0 spiro atoms. The number of ketones is 1. The van der Waals surface area contributed by atoms with E-state index >= 15 is 0 Å². The Bertz CT molecular complexity index is 336. The van der Waals surface area contributed by atoms with Crippen LogP contribution in [0.15, 0.2) is 24.4 Å². The summed E-state index contributed by atoms with van der Waals surface area (Å²) < 4.78 is 5.64. The van der Waals surface area contributed by atoms with Gasteiger partial charge in [0, 0.05) is 19.0 Å².